The molecule has 0 aromatic heterocycles. The van der Waals surface area contributed by atoms with Gasteiger partial charge in [0.15, 0.2) is 0 Å². The third-order valence-electron chi connectivity index (χ3n) is 9.89. The standard InChI is InChI=1S/C50H35N/c1-3-14-42(15-4-1)50-48-20-10-8-13-39(48)30-35-49(50)41-28-33-45(34-29-41)51(43-17-5-2-6-18-43)44-31-26-37(27-32-44)36-22-24-40(25-23-36)47-21-11-16-38-12-7-9-19-46(38)47/h1-35H. The second-order valence-corrected chi connectivity index (χ2v) is 12.9. The number of anilines is 3. The lowest BCUT2D eigenvalue weighted by atomic mass is 9.90. The van der Waals surface area contributed by atoms with E-state index in [1.165, 1.54) is 66.1 Å². The van der Waals surface area contributed by atoms with Crippen molar-refractivity contribution in [1.29, 1.82) is 0 Å². The van der Waals surface area contributed by atoms with Gasteiger partial charge in [0.25, 0.3) is 0 Å². The van der Waals surface area contributed by atoms with Crippen LogP contribution in [0.2, 0.25) is 0 Å². The lowest BCUT2D eigenvalue weighted by molar-refractivity contribution is 1.28. The van der Waals surface area contributed by atoms with E-state index in [0.29, 0.717) is 0 Å². The van der Waals surface area contributed by atoms with E-state index in [4.69, 9.17) is 0 Å². The first-order valence-corrected chi connectivity index (χ1v) is 17.5. The van der Waals surface area contributed by atoms with Crippen molar-refractivity contribution in [2.75, 3.05) is 4.90 Å². The van der Waals surface area contributed by atoms with Crippen LogP contribution in [-0.2, 0) is 0 Å². The molecule has 0 amide bonds. The summed E-state index contributed by atoms with van der Waals surface area (Å²) in [6.07, 6.45) is 0. The third kappa shape index (κ3) is 5.86. The van der Waals surface area contributed by atoms with E-state index < -0.39 is 0 Å². The topological polar surface area (TPSA) is 3.24 Å². The molecule has 240 valence electrons. The Kier molecular flexibility index (Phi) is 7.92. The van der Waals surface area contributed by atoms with Crippen LogP contribution >= 0.6 is 0 Å². The predicted molar refractivity (Wildman–Crippen MR) is 218 cm³/mol. The Bertz CT molecular complexity index is 2580. The first kappa shape index (κ1) is 30.4. The summed E-state index contributed by atoms with van der Waals surface area (Å²) >= 11 is 0. The Morgan fingerprint density at radius 1 is 0.235 bits per heavy atom. The van der Waals surface area contributed by atoms with E-state index in [1.807, 2.05) is 0 Å². The summed E-state index contributed by atoms with van der Waals surface area (Å²) in [5.41, 5.74) is 13.1. The molecule has 9 rings (SSSR count). The zero-order chi connectivity index (χ0) is 34.0. The number of para-hydroxylation sites is 1. The number of benzene rings is 9. The lowest BCUT2D eigenvalue weighted by Gasteiger charge is -2.26. The lowest BCUT2D eigenvalue weighted by Crippen LogP contribution is -2.09. The van der Waals surface area contributed by atoms with Crippen LogP contribution in [0.3, 0.4) is 0 Å². The van der Waals surface area contributed by atoms with Crippen LogP contribution in [0.1, 0.15) is 0 Å². The molecule has 0 heterocycles. The molecular formula is C50H35N. The molecule has 0 saturated carbocycles. The van der Waals surface area contributed by atoms with Crippen LogP contribution in [0.15, 0.2) is 212 Å². The summed E-state index contributed by atoms with van der Waals surface area (Å²) in [4.78, 5) is 2.33. The van der Waals surface area contributed by atoms with Gasteiger partial charge in [0.2, 0.25) is 0 Å². The maximum Gasteiger partial charge on any atom is 0.0462 e. The van der Waals surface area contributed by atoms with E-state index in [2.05, 4.69) is 217 Å². The predicted octanol–water partition coefficient (Wildman–Crippen LogP) is 14.1. The number of nitrogens with zero attached hydrogens (tertiary/aromatic N) is 1. The van der Waals surface area contributed by atoms with Gasteiger partial charge in [-0.2, -0.15) is 0 Å². The van der Waals surface area contributed by atoms with Crippen molar-refractivity contribution in [2.45, 2.75) is 0 Å². The average Bonchev–Trinajstić information content (AvgIpc) is 3.22. The van der Waals surface area contributed by atoms with Crippen molar-refractivity contribution in [1.82, 2.24) is 0 Å². The Labute approximate surface area is 299 Å². The molecule has 0 unspecified atom stereocenters. The highest BCUT2D eigenvalue weighted by Gasteiger charge is 2.15. The average molecular weight is 650 g/mol. The molecule has 0 aliphatic carbocycles. The van der Waals surface area contributed by atoms with Gasteiger partial charge in [0, 0.05) is 17.1 Å². The number of rotatable bonds is 7. The monoisotopic (exact) mass is 649 g/mol. The number of fused-ring (bicyclic) bond motifs is 2. The molecule has 0 aliphatic heterocycles. The van der Waals surface area contributed by atoms with Crippen molar-refractivity contribution in [2.24, 2.45) is 0 Å². The summed E-state index contributed by atoms with van der Waals surface area (Å²) in [6, 6.07) is 76.5. The molecule has 0 bridgehead atoms. The molecule has 0 fully saturated rings. The van der Waals surface area contributed by atoms with Crippen molar-refractivity contribution in [3.63, 3.8) is 0 Å². The molecular weight excluding hydrogens is 615 g/mol. The molecule has 9 aromatic rings. The Hall–Kier alpha value is -6.70. The van der Waals surface area contributed by atoms with Crippen LogP contribution in [0.5, 0.6) is 0 Å². The van der Waals surface area contributed by atoms with Gasteiger partial charge in [-0.05, 0) is 102 Å². The molecule has 0 saturated heterocycles. The van der Waals surface area contributed by atoms with Crippen LogP contribution in [0.25, 0.3) is 66.1 Å². The fourth-order valence-electron chi connectivity index (χ4n) is 7.36. The largest absolute Gasteiger partial charge is 0.311 e. The number of hydrogen-bond donors (Lipinski definition) is 0. The Morgan fingerprint density at radius 3 is 1.35 bits per heavy atom. The second kappa shape index (κ2) is 13.3. The van der Waals surface area contributed by atoms with Gasteiger partial charge in [-0.3, -0.25) is 0 Å². The van der Waals surface area contributed by atoms with Gasteiger partial charge >= 0.3 is 0 Å². The molecule has 0 aliphatic rings. The van der Waals surface area contributed by atoms with Crippen molar-refractivity contribution in [3.05, 3.63) is 212 Å². The summed E-state index contributed by atoms with van der Waals surface area (Å²) < 4.78 is 0. The van der Waals surface area contributed by atoms with Crippen LogP contribution in [0, 0.1) is 0 Å². The highest BCUT2D eigenvalue weighted by molar-refractivity contribution is 6.04. The zero-order valence-corrected chi connectivity index (χ0v) is 28.2. The molecule has 1 nitrogen and oxygen atoms in total. The van der Waals surface area contributed by atoms with E-state index in [1.54, 1.807) is 0 Å². The minimum absolute atomic E-state index is 1.11. The van der Waals surface area contributed by atoms with Crippen LogP contribution < -0.4 is 4.90 Å². The molecule has 0 atom stereocenters. The maximum atomic E-state index is 2.33. The summed E-state index contributed by atoms with van der Waals surface area (Å²) in [5, 5.41) is 5.05. The smallest absolute Gasteiger partial charge is 0.0462 e. The summed E-state index contributed by atoms with van der Waals surface area (Å²) in [5.74, 6) is 0. The Morgan fingerprint density at radius 2 is 0.686 bits per heavy atom. The van der Waals surface area contributed by atoms with Crippen molar-refractivity contribution < 1.29 is 0 Å². The van der Waals surface area contributed by atoms with Gasteiger partial charge < -0.3 is 4.90 Å². The fourth-order valence-corrected chi connectivity index (χ4v) is 7.36. The minimum atomic E-state index is 1.11. The molecule has 0 N–H and O–H groups in total. The molecule has 1 heteroatoms. The van der Waals surface area contributed by atoms with E-state index in [-0.39, 0.29) is 0 Å². The SMILES string of the molecule is c1ccc(-c2c(-c3ccc(N(c4ccccc4)c4ccc(-c5ccc(-c6cccc7ccccc67)cc5)cc4)cc3)ccc3ccccc23)cc1. The molecule has 0 spiro atoms. The van der Waals surface area contributed by atoms with E-state index in [9.17, 15) is 0 Å². The van der Waals surface area contributed by atoms with E-state index >= 15 is 0 Å². The summed E-state index contributed by atoms with van der Waals surface area (Å²) in [7, 11) is 0. The quantitative estimate of drug-likeness (QED) is 0.166. The van der Waals surface area contributed by atoms with Gasteiger partial charge in [0.1, 0.15) is 0 Å². The maximum absolute atomic E-state index is 2.33. The second-order valence-electron chi connectivity index (χ2n) is 12.9. The third-order valence-corrected chi connectivity index (χ3v) is 9.89. The van der Waals surface area contributed by atoms with Crippen LogP contribution in [0.4, 0.5) is 17.1 Å². The molecule has 0 radical (unpaired) electrons. The fraction of sp³-hybridized carbons (Fsp3) is 0. The van der Waals surface area contributed by atoms with Gasteiger partial charge in [-0.25, -0.2) is 0 Å². The van der Waals surface area contributed by atoms with Gasteiger partial charge in [-0.15, -0.1) is 0 Å². The Balaban J connectivity index is 1.05. The van der Waals surface area contributed by atoms with Gasteiger partial charge in [0.05, 0.1) is 0 Å². The molecule has 9 aromatic carbocycles. The first-order chi connectivity index (χ1) is 25.3. The highest BCUT2D eigenvalue weighted by atomic mass is 15.1. The summed E-state index contributed by atoms with van der Waals surface area (Å²) in [6.45, 7) is 0. The van der Waals surface area contributed by atoms with Crippen molar-refractivity contribution >= 4 is 38.6 Å². The normalized spacial score (nSPS) is 11.1. The number of hydrogen-bond acceptors (Lipinski definition) is 1. The van der Waals surface area contributed by atoms with Gasteiger partial charge in [-0.1, -0.05) is 176 Å². The molecule has 51 heavy (non-hydrogen) atoms. The van der Waals surface area contributed by atoms with Crippen LogP contribution in [-0.4, -0.2) is 0 Å². The highest BCUT2D eigenvalue weighted by Crippen LogP contribution is 2.41. The first-order valence-electron chi connectivity index (χ1n) is 17.5. The minimum Gasteiger partial charge on any atom is -0.311 e. The zero-order valence-electron chi connectivity index (χ0n) is 28.2. The van der Waals surface area contributed by atoms with Crippen molar-refractivity contribution in [3.8, 4) is 44.5 Å². The van der Waals surface area contributed by atoms with E-state index in [0.717, 1.165) is 17.1 Å².